The summed E-state index contributed by atoms with van der Waals surface area (Å²) in [5.74, 6) is -0.926. The second kappa shape index (κ2) is 6.10. The lowest BCUT2D eigenvalue weighted by atomic mass is 10.1. The van der Waals surface area contributed by atoms with Crippen LogP contribution in [0.2, 0.25) is 0 Å². The Labute approximate surface area is 117 Å². The van der Waals surface area contributed by atoms with Crippen LogP contribution in [-0.4, -0.2) is 27.5 Å². The largest absolute Gasteiger partial charge is 0.478 e. The van der Waals surface area contributed by atoms with Crippen molar-refractivity contribution in [2.24, 2.45) is 0 Å². The maximum Gasteiger partial charge on any atom is 0.337 e. The van der Waals surface area contributed by atoms with Gasteiger partial charge < -0.3 is 10.4 Å². The second-order valence-corrected chi connectivity index (χ2v) is 7.11. The van der Waals surface area contributed by atoms with Crippen LogP contribution < -0.4 is 5.32 Å². The van der Waals surface area contributed by atoms with Gasteiger partial charge in [-0.25, -0.2) is 4.79 Å². The number of nitrogens with one attached hydrogen (secondary N) is 1. The lowest BCUT2D eigenvalue weighted by Crippen LogP contribution is -2.20. The molecule has 1 rings (SSSR count). The van der Waals surface area contributed by atoms with Crippen molar-refractivity contribution in [2.45, 2.75) is 32.4 Å². The molecule has 1 aromatic rings. The summed E-state index contributed by atoms with van der Waals surface area (Å²) in [4.78, 5) is 22.9. The zero-order valence-corrected chi connectivity index (χ0v) is 12.4. The van der Waals surface area contributed by atoms with Gasteiger partial charge in [0, 0.05) is 4.75 Å². The molecule has 0 aliphatic carbocycles. The van der Waals surface area contributed by atoms with Crippen molar-refractivity contribution >= 4 is 29.3 Å². The van der Waals surface area contributed by atoms with Crippen molar-refractivity contribution in [1.29, 1.82) is 0 Å². The molecule has 4 nitrogen and oxygen atoms in total. The fourth-order valence-corrected chi connectivity index (χ4v) is 2.05. The number of carbonyl (C=O) groups is 2. The summed E-state index contributed by atoms with van der Waals surface area (Å²) in [6, 6.07) is 4.95. The van der Waals surface area contributed by atoms with Gasteiger partial charge in [0.05, 0.1) is 17.0 Å². The molecule has 0 bridgehead atoms. The molecule has 0 aromatic heterocycles. The molecule has 0 radical (unpaired) electrons. The smallest absolute Gasteiger partial charge is 0.337 e. The molecular weight excluding hydrogens is 262 g/mol. The molecule has 0 atom stereocenters. The maximum absolute atomic E-state index is 11.8. The standard InChI is InChI=1S/C14H19NO3S/c1-9-5-6-11(10(7-9)13(17)18)15-12(16)8-19-14(2,3)4/h5-7H,8H2,1-4H3,(H,15,16)(H,17,18). The Kier molecular flexibility index (Phi) is 5.00. The third-order valence-corrected chi connectivity index (χ3v) is 3.59. The van der Waals surface area contributed by atoms with Gasteiger partial charge in [-0.2, -0.15) is 0 Å². The van der Waals surface area contributed by atoms with Gasteiger partial charge in [0.25, 0.3) is 0 Å². The van der Waals surface area contributed by atoms with Crippen molar-refractivity contribution in [1.82, 2.24) is 0 Å². The molecule has 5 heteroatoms. The van der Waals surface area contributed by atoms with E-state index in [1.165, 1.54) is 11.8 Å². The number of carboxylic acids is 1. The number of benzene rings is 1. The number of rotatable bonds is 4. The highest BCUT2D eigenvalue weighted by Gasteiger charge is 2.16. The van der Waals surface area contributed by atoms with Crippen LogP contribution in [0.15, 0.2) is 18.2 Å². The van der Waals surface area contributed by atoms with E-state index in [1.807, 2.05) is 27.7 Å². The van der Waals surface area contributed by atoms with E-state index in [-0.39, 0.29) is 16.2 Å². The molecule has 1 amide bonds. The third-order valence-electron chi connectivity index (χ3n) is 2.32. The van der Waals surface area contributed by atoms with Crippen LogP contribution >= 0.6 is 11.8 Å². The number of aryl methyl sites for hydroxylation is 1. The summed E-state index contributed by atoms with van der Waals surface area (Å²) in [6.45, 7) is 7.89. The number of hydrogen-bond donors (Lipinski definition) is 2. The quantitative estimate of drug-likeness (QED) is 0.889. The first-order valence-electron chi connectivity index (χ1n) is 5.97. The minimum atomic E-state index is -1.04. The summed E-state index contributed by atoms with van der Waals surface area (Å²) in [6.07, 6.45) is 0. The van der Waals surface area contributed by atoms with Crippen molar-refractivity contribution in [3.05, 3.63) is 29.3 Å². The zero-order valence-electron chi connectivity index (χ0n) is 11.6. The molecule has 0 spiro atoms. The molecule has 19 heavy (non-hydrogen) atoms. The molecule has 0 heterocycles. The van der Waals surface area contributed by atoms with E-state index in [2.05, 4.69) is 5.32 Å². The van der Waals surface area contributed by atoms with E-state index in [1.54, 1.807) is 18.2 Å². The predicted molar refractivity (Wildman–Crippen MR) is 79.0 cm³/mol. The first kappa shape index (κ1) is 15.6. The zero-order chi connectivity index (χ0) is 14.6. The van der Waals surface area contributed by atoms with Gasteiger partial charge in [-0.15, -0.1) is 11.8 Å². The molecule has 104 valence electrons. The van der Waals surface area contributed by atoms with Crippen LogP contribution in [0.4, 0.5) is 5.69 Å². The highest BCUT2D eigenvalue weighted by molar-refractivity contribution is 8.01. The van der Waals surface area contributed by atoms with Gasteiger partial charge in [-0.1, -0.05) is 32.4 Å². The van der Waals surface area contributed by atoms with E-state index in [9.17, 15) is 9.59 Å². The molecule has 0 aliphatic heterocycles. The van der Waals surface area contributed by atoms with Gasteiger partial charge in [0.1, 0.15) is 0 Å². The van der Waals surface area contributed by atoms with Crippen LogP contribution in [-0.2, 0) is 4.79 Å². The highest BCUT2D eigenvalue weighted by Crippen LogP contribution is 2.23. The SMILES string of the molecule is Cc1ccc(NC(=O)CSC(C)(C)C)c(C(=O)O)c1. The molecular formula is C14H19NO3S. The van der Waals surface area contributed by atoms with Crippen LogP contribution in [0.25, 0.3) is 0 Å². The number of anilines is 1. The Hall–Kier alpha value is -1.49. The van der Waals surface area contributed by atoms with Gasteiger partial charge in [-0.3, -0.25) is 4.79 Å². The molecule has 1 aromatic carbocycles. The minimum Gasteiger partial charge on any atom is -0.478 e. The van der Waals surface area contributed by atoms with Gasteiger partial charge in [0.15, 0.2) is 0 Å². The van der Waals surface area contributed by atoms with E-state index < -0.39 is 5.97 Å². The highest BCUT2D eigenvalue weighted by atomic mass is 32.2. The van der Waals surface area contributed by atoms with E-state index in [0.29, 0.717) is 11.4 Å². The van der Waals surface area contributed by atoms with E-state index in [4.69, 9.17) is 5.11 Å². The number of carboxylic acid groups (broad SMARTS) is 1. The summed E-state index contributed by atoms with van der Waals surface area (Å²) in [5, 5.41) is 11.8. The monoisotopic (exact) mass is 281 g/mol. The number of thioether (sulfide) groups is 1. The molecule has 2 N–H and O–H groups in total. The van der Waals surface area contributed by atoms with Crippen molar-refractivity contribution in [3.63, 3.8) is 0 Å². The molecule has 0 unspecified atom stereocenters. The molecule has 0 saturated carbocycles. The fourth-order valence-electron chi connectivity index (χ4n) is 1.41. The van der Waals surface area contributed by atoms with Crippen molar-refractivity contribution in [2.75, 3.05) is 11.1 Å². The summed E-state index contributed by atoms with van der Waals surface area (Å²) >= 11 is 1.52. The third kappa shape index (κ3) is 5.34. The maximum atomic E-state index is 11.8. The lowest BCUT2D eigenvalue weighted by Gasteiger charge is -2.17. The average Bonchev–Trinajstić information content (AvgIpc) is 2.28. The Balaban J connectivity index is 2.77. The number of carbonyl (C=O) groups excluding carboxylic acids is 1. The Morgan fingerprint density at radius 1 is 1.32 bits per heavy atom. The molecule has 0 saturated heterocycles. The first-order chi connectivity index (χ1) is 8.69. The van der Waals surface area contributed by atoms with Gasteiger partial charge >= 0.3 is 5.97 Å². The van der Waals surface area contributed by atoms with Crippen molar-refractivity contribution < 1.29 is 14.7 Å². The van der Waals surface area contributed by atoms with Gasteiger partial charge in [-0.05, 0) is 19.1 Å². The van der Waals surface area contributed by atoms with Crippen LogP contribution in [0.1, 0.15) is 36.7 Å². The lowest BCUT2D eigenvalue weighted by molar-refractivity contribution is -0.113. The molecule has 0 fully saturated rings. The van der Waals surface area contributed by atoms with E-state index >= 15 is 0 Å². The number of hydrogen-bond acceptors (Lipinski definition) is 3. The average molecular weight is 281 g/mol. The number of aromatic carboxylic acids is 1. The Bertz CT molecular complexity index is 492. The normalized spacial score (nSPS) is 11.2. The second-order valence-electron chi connectivity index (χ2n) is 5.30. The summed E-state index contributed by atoms with van der Waals surface area (Å²) in [7, 11) is 0. The predicted octanol–water partition coefficient (Wildman–Crippen LogP) is 3.16. The molecule has 0 aliphatic rings. The first-order valence-corrected chi connectivity index (χ1v) is 6.95. The topological polar surface area (TPSA) is 66.4 Å². The van der Waals surface area contributed by atoms with Crippen LogP contribution in [0, 0.1) is 6.92 Å². The van der Waals surface area contributed by atoms with Gasteiger partial charge in [0.2, 0.25) is 5.91 Å². The van der Waals surface area contributed by atoms with Crippen molar-refractivity contribution in [3.8, 4) is 0 Å². The van der Waals surface area contributed by atoms with E-state index in [0.717, 1.165) is 5.56 Å². The van der Waals surface area contributed by atoms with Crippen LogP contribution in [0.3, 0.4) is 0 Å². The Morgan fingerprint density at radius 2 is 1.95 bits per heavy atom. The summed E-state index contributed by atoms with van der Waals surface area (Å²) < 4.78 is 0.000242. The van der Waals surface area contributed by atoms with Crippen LogP contribution in [0.5, 0.6) is 0 Å². The summed E-state index contributed by atoms with van der Waals surface area (Å²) in [5.41, 5.74) is 1.31. The minimum absolute atomic E-state index is 0.000242. The fraction of sp³-hybridized carbons (Fsp3) is 0.429. The number of amides is 1. The Morgan fingerprint density at radius 3 is 2.47 bits per heavy atom.